The third kappa shape index (κ3) is 7.80. The first kappa shape index (κ1) is 26.8. The fourth-order valence-electron chi connectivity index (χ4n) is 2.57. The molecule has 0 aliphatic rings. The van der Waals surface area contributed by atoms with Crippen molar-refractivity contribution in [2.75, 3.05) is 7.11 Å². The van der Waals surface area contributed by atoms with Crippen molar-refractivity contribution in [3.8, 4) is 5.75 Å². The lowest BCUT2D eigenvalue weighted by Crippen LogP contribution is -2.50. The summed E-state index contributed by atoms with van der Waals surface area (Å²) in [5.41, 5.74) is 0.626. The molecule has 3 atom stereocenters. The SMILES string of the molecule is COc1ccc(CO[C@H](C)[C@H](O[Si](C)(C)C(C)(C)C)C(=O)C[C@H](O)C(C)(C)C)cc1. The molecule has 172 valence electrons. The molecule has 0 radical (unpaired) electrons. The number of methoxy groups -OCH3 is 1. The van der Waals surface area contributed by atoms with E-state index in [0.717, 1.165) is 11.3 Å². The standard InChI is InChI=1S/C24H42O5Si/c1-17(28-16-18-11-13-19(27-8)14-12-18)22(29-30(9,10)24(5,6)7)20(25)15-21(26)23(2,3)4/h11-14,17,21-22,26H,15-16H2,1-10H3/t17-,21+,22+/m1/s1. The van der Waals surface area contributed by atoms with Crippen LogP contribution in [0, 0.1) is 5.41 Å². The van der Waals surface area contributed by atoms with Crippen molar-refractivity contribution in [2.24, 2.45) is 5.41 Å². The number of ketones is 1. The van der Waals surface area contributed by atoms with Crippen LogP contribution in [-0.4, -0.2) is 44.6 Å². The predicted octanol–water partition coefficient (Wildman–Crippen LogP) is 5.36. The van der Waals surface area contributed by atoms with E-state index in [4.69, 9.17) is 13.9 Å². The molecule has 30 heavy (non-hydrogen) atoms. The maximum absolute atomic E-state index is 13.2. The molecule has 0 aliphatic heterocycles. The number of hydrogen-bond acceptors (Lipinski definition) is 5. The van der Waals surface area contributed by atoms with Crippen LogP contribution >= 0.6 is 0 Å². The van der Waals surface area contributed by atoms with Crippen LogP contribution in [0.15, 0.2) is 24.3 Å². The first-order valence-corrected chi connectivity index (χ1v) is 13.6. The lowest BCUT2D eigenvalue weighted by Gasteiger charge is -2.40. The van der Waals surface area contributed by atoms with Crippen LogP contribution in [0.1, 0.15) is 60.5 Å². The second-order valence-corrected chi connectivity index (χ2v) is 15.5. The van der Waals surface area contributed by atoms with Gasteiger partial charge < -0.3 is 19.0 Å². The highest BCUT2D eigenvalue weighted by Crippen LogP contribution is 2.38. The molecule has 1 rings (SSSR count). The Morgan fingerprint density at radius 2 is 1.60 bits per heavy atom. The van der Waals surface area contributed by atoms with Crippen molar-refractivity contribution in [1.82, 2.24) is 0 Å². The Labute approximate surface area is 184 Å². The highest BCUT2D eigenvalue weighted by molar-refractivity contribution is 6.74. The minimum absolute atomic E-state index is 0.0378. The summed E-state index contributed by atoms with van der Waals surface area (Å²) in [6, 6.07) is 7.66. The lowest BCUT2D eigenvalue weighted by atomic mass is 9.85. The number of hydrogen-bond donors (Lipinski definition) is 1. The summed E-state index contributed by atoms with van der Waals surface area (Å²) < 4.78 is 17.8. The molecule has 0 saturated heterocycles. The molecule has 0 aliphatic carbocycles. The summed E-state index contributed by atoms with van der Waals surface area (Å²) in [4.78, 5) is 13.2. The molecule has 0 unspecified atom stereocenters. The normalized spacial score (nSPS) is 16.1. The molecule has 1 N–H and O–H groups in total. The van der Waals surface area contributed by atoms with Crippen molar-refractivity contribution in [1.29, 1.82) is 0 Å². The van der Waals surface area contributed by atoms with Gasteiger partial charge in [-0.05, 0) is 48.2 Å². The zero-order chi connectivity index (χ0) is 23.3. The van der Waals surface area contributed by atoms with Crippen molar-refractivity contribution in [3.05, 3.63) is 29.8 Å². The highest BCUT2D eigenvalue weighted by atomic mass is 28.4. The molecule has 1 aromatic rings. The van der Waals surface area contributed by atoms with Gasteiger partial charge in [-0.3, -0.25) is 4.79 Å². The van der Waals surface area contributed by atoms with Crippen LogP contribution in [0.5, 0.6) is 5.75 Å². The van der Waals surface area contributed by atoms with Crippen LogP contribution in [0.4, 0.5) is 0 Å². The van der Waals surface area contributed by atoms with E-state index < -0.39 is 26.6 Å². The van der Waals surface area contributed by atoms with Gasteiger partial charge in [-0.1, -0.05) is 53.7 Å². The van der Waals surface area contributed by atoms with Gasteiger partial charge in [0.25, 0.3) is 0 Å². The quantitative estimate of drug-likeness (QED) is 0.498. The van der Waals surface area contributed by atoms with E-state index >= 15 is 0 Å². The Balaban J connectivity index is 2.98. The third-order valence-electron chi connectivity index (χ3n) is 6.04. The summed E-state index contributed by atoms with van der Waals surface area (Å²) >= 11 is 0. The van der Waals surface area contributed by atoms with E-state index in [9.17, 15) is 9.90 Å². The van der Waals surface area contributed by atoms with Gasteiger partial charge in [0.1, 0.15) is 11.9 Å². The lowest BCUT2D eigenvalue weighted by molar-refractivity contribution is -0.137. The van der Waals surface area contributed by atoms with E-state index in [1.54, 1.807) is 7.11 Å². The molecule has 0 heterocycles. The number of carbonyl (C=O) groups excluding carboxylic acids is 1. The summed E-state index contributed by atoms with van der Waals surface area (Å²) in [5.74, 6) is 0.682. The molecule has 0 amide bonds. The molecule has 1 aromatic carbocycles. The summed E-state index contributed by atoms with van der Waals surface area (Å²) in [6.45, 7) is 18.7. The number of carbonyl (C=O) groups is 1. The van der Waals surface area contributed by atoms with E-state index in [0.29, 0.717) is 6.61 Å². The Morgan fingerprint density at radius 1 is 1.07 bits per heavy atom. The zero-order valence-electron chi connectivity index (χ0n) is 20.5. The molecule has 0 spiro atoms. The van der Waals surface area contributed by atoms with Crippen molar-refractivity contribution >= 4 is 14.1 Å². The summed E-state index contributed by atoms with van der Waals surface area (Å²) in [6.07, 6.45) is -1.81. The second kappa shape index (κ2) is 10.4. The van der Waals surface area contributed by atoms with E-state index in [-0.39, 0.29) is 22.7 Å². The van der Waals surface area contributed by atoms with Crippen LogP contribution in [0.25, 0.3) is 0 Å². The number of rotatable bonds is 10. The van der Waals surface area contributed by atoms with E-state index in [1.807, 2.05) is 52.0 Å². The van der Waals surface area contributed by atoms with Crippen LogP contribution in [-0.2, 0) is 20.6 Å². The summed E-state index contributed by atoms with van der Waals surface area (Å²) in [7, 11) is -0.577. The molecule has 0 saturated carbocycles. The number of aliphatic hydroxyl groups is 1. The highest BCUT2D eigenvalue weighted by Gasteiger charge is 2.43. The van der Waals surface area contributed by atoms with Gasteiger partial charge in [0.15, 0.2) is 14.1 Å². The van der Waals surface area contributed by atoms with E-state index in [2.05, 4.69) is 33.9 Å². The second-order valence-electron chi connectivity index (χ2n) is 10.7. The zero-order valence-corrected chi connectivity index (χ0v) is 21.5. The molecule has 0 bridgehead atoms. The molecular formula is C24H42O5Si. The molecule has 0 aromatic heterocycles. The van der Waals surface area contributed by atoms with Crippen molar-refractivity contribution in [2.45, 2.75) is 97.9 Å². The Bertz CT molecular complexity index is 670. The smallest absolute Gasteiger partial charge is 0.193 e. The van der Waals surface area contributed by atoms with Crippen LogP contribution in [0.2, 0.25) is 18.1 Å². The average molecular weight is 439 g/mol. The van der Waals surface area contributed by atoms with Gasteiger partial charge in [0.05, 0.1) is 25.9 Å². The summed E-state index contributed by atoms with van der Waals surface area (Å²) in [5, 5.41) is 10.4. The molecular weight excluding hydrogens is 396 g/mol. The van der Waals surface area contributed by atoms with Gasteiger partial charge in [-0.2, -0.15) is 0 Å². The first-order chi connectivity index (χ1) is 13.6. The average Bonchev–Trinajstić information content (AvgIpc) is 2.62. The minimum Gasteiger partial charge on any atom is -0.497 e. The number of ether oxygens (including phenoxy) is 2. The van der Waals surface area contributed by atoms with Gasteiger partial charge in [0, 0.05) is 6.42 Å². The number of Topliss-reactive ketones (excluding diaryl/α,β-unsaturated/α-hetero) is 1. The van der Waals surface area contributed by atoms with Gasteiger partial charge >= 0.3 is 0 Å². The van der Waals surface area contributed by atoms with Gasteiger partial charge in [0.2, 0.25) is 0 Å². The van der Waals surface area contributed by atoms with Crippen molar-refractivity contribution < 1.29 is 23.8 Å². The Hall–Kier alpha value is -1.21. The third-order valence-corrected chi connectivity index (χ3v) is 10.5. The molecule has 0 fully saturated rings. The minimum atomic E-state index is -2.21. The van der Waals surface area contributed by atoms with Crippen molar-refractivity contribution in [3.63, 3.8) is 0 Å². The van der Waals surface area contributed by atoms with Gasteiger partial charge in [-0.25, -0.2) is 0 Å². The topological polar surface area (TPSA) is 65.0 Å². The number of aliphatic hydroxyl groups excluding tert-OH is 1. The number of benzene rings is 1. The first-order valence-electron chi connectivity index (χ1n) is 10.7. The molecule has 6 heteroatoms. The van der Waals surface area contributed by atoms with Crippen LogP contribution in [0.3, 0.4) is 0 Å². The largest absolute Gasteiger partial charge is 0.497 e. The fraction of sp³-hybridized carbons (Fsp3) is 0.708. The maximum Gasteiger partial charge on any atom is 0.193 e. The molecule has 5 nitrogen and oxygen atoms in total. The Kier molecular flexibility index (Phi) is 9.30. The monoisotopic (exact) mass is 438 g/mol. The fourth-order valence-corrected chi connectivity index (χ4v) is 3.88. The van der Waals surface area contributed by atoms with Crippen LogP contribution < -0.4 is 4.74 Å². The maximum atomic E-state index is 13.2. The predicted molar refractivity (Wildman–Crippen MR) is 124 cm³/mol. The van der Waals surface area contributed by atoms with E-state index in [1.165, 1.54) is 0 Å². The Morgan fingerprint density at radius 3 is 2.03 bits per heavy atom. The van der Waals surface area contributed by atoms with Gasteiger partial charge in [-0.15, -0.1) is 0 Å².